The van der Waals surface area contributed by atoms with Gasteiger partial charge in [-0.3, -0.25) is 0 Å². The summed E-state index contributed by atoms with van der Waals surface area (Å²) < 4.78 is 5.45. The second-order valence-electron chi connectivity index (χ2n) is 7.43. The van der Waals surface area contributed by atoms with Crippen molar-refractivity contribution in [3.8, 4) is 0 Å². The molecule has 1 fully saturated rings. The van der Waals surface area contributed by atoms with Gasteiger partial charge in [-0.1, -0.05) is 23.2 Å². The van der Waals surface area contributed by atoms with E-state index in [4.69, 9.17) is 27.9 Å². The van der Waals surface area contributed by atoms with E-state index in [0.29, 0.717) is 18.8 Å². The number of ether oxygens (including phenoxy) is 1. The number of rotatable bonds is 2. The quantitative estimate of drug-likeness (QED) is 0.835. The molecule has 25 heavy (non-hydrogen) atoms. The Bertz CT molecular complexity index is 651. The summed E-state index contributed by atoms with van der Waals surface area (Å²) in [7, 11) is 0. The van der Waals surface area contributed by atoms with Gasteiger partial charge >= 0.3 is 6.09 Å². The summed E-state index contributed by atoms with van der Waals surface area (Å²) >= 11 is 12.1. The lowest BCUT2D eigenvalue weighted by Crippen LogP contribution is -2.67. The molecule has 7 nitrogen and oxygen atoms in total. The molecule has 140 valence electrons. The van der Waals surface area contributed by atoms with Gasteiger partial charge in [0.1, 0.15) is 5.60 Å². The first-order chi connectivity index (χ1) is 11.4. The van der Waals surface area contributed by atoms with E-state index in [2.05, 4.69) is 10.2 Å². The predicted molar refractivity (Wildman–Crippen MR) is 97.3 cm³/mol. The minimum Gasteiger partial charge on any atom is -0.444 e. The van der Waals surface area contributed by atoms with Gasteiger partial charge in [-0.15, -0.1) is 10.2 Å². The number of carbonyl (C=O) groups excluding carboxylic acids is 1. The van der Waals surface area contributed by atoms with Gasteiger partial charge < -0.3 is 19.6 Å². The van der Waals surface area contributed by atoms with Gasteiger partial charge in [0.15, 0.2) is 10.3 Å². The standard InChI is InChI=1S/C16H24Cl2N4O3/c1-10(23)16(5)9-21(14(24)25-15(2,3)4)6-7-22(16)11-8-12(17)19-20-13(11)18/h8,10,23H,6-7,9H2,1-5H3/t10?,16-/m0/s1. The van der Waals surface area contributed by atoms with Gasteiger partial charge in [0.05, 0.1) is 17.3 Å². The molecule has 2 atom stereocenters. The van der Waals surface area contributed by atoms with Crippen molar-refractivity contribution < 1.29 is 14.6 Å². The zero-order chi connectivity index (χ0) is 19.0. The molecule has 0 aliphatic carbocycles. The van der Waals surface area contributed by atoms with Gasteiger partial charge in [0, 0.05) is 25.7 Å². The summed E-state index contributed by atoms with van der Waals surface area (Å²) in [5, 5.41) is 18.4. The Morgan fingerprint density at radius 3 is 2.56 bits per heavy atom. The Hall–Kier alpha value is -1.31. The van der Waals surface area contributed by atoms with Crippen LogP contribution in [0.15, 0.2) is 6.07 Å². The molecule has 1 N–H and O–H groups in total. The number of nitrogens with zero attached hydrogens (tertiary/aromatic N) is 4. The topological polar surface area (TPSA) is 78.8 Å². The van der Waals surface area contributed by atoms with E-state index in [0.717, 1.165) is 0 Å². The van der Waals surface area contributed by atoms with Crippen LogP contribution in [0, 0.1) is 0 Å². The van der Waals surface area contributed by atoms with E-state index in [1.54, 1.807) is 17.9 Å². The van der Waals surface area contributed by atoms with Crippen LogP contribution >= 0.6 is 23.2 Å². The maximum atomic E-state index is 12.4. The normalized spacial score (nSPS) is 22.7. The Morgan fingerprint density at radius 2 is 2.00 bits per heavy atom. The van der Waals surface area contributed by atoms with Crippen LogP contribution in [0.5, 0.6) is 0 Å². The van der Waals surface area contributed by atoms with E-state index < -0.39 is 23.3 Å². The van der Waals surface area contributed by atoms with E-state index in [1.165, 1.54) is 0 Å². The lowest BCUT2D eigenvalue weighted by molar-refractivity contribution is 0.00407. The molecule has 9 heteroatoms. The molecule has 1 saturated heterocycles. The fourth-order valence-corrected chi connectivity index (χ4v) is 3.13. The number of hydrogen-bond acceptors (Lipinski definition) is 6. The van der Waals surface area contributed by atoms with Gasteiger partial charge in [-0.05, 0) is 34.6 Å². The Kier molecular flexibility index (Phi) is 5.71. The van der Waals surface area contributed by atoms with Gasteiger partial charge in [0.2, 0.25) is 0 Å². The summed E-state index contributed by atoms with van der Waals surface area (Å²) in [5.74, 6) is 0. The monoisotopic (exact) mass is 390 g/mol. The van der Waals surface area contributed by atoms with Crippen LogP contribution in [0.3, 0.4) is 0 Å². The van der Waals surface area contributed by atoms with E-state index >= 15 is 0 Å². The average molecular weight is 391 g/mol. The summed E-state index contributed by atoms with van der Waals surface area (Å²) in [4.78, 5) is 15.9. The molecule has 1 aromatic heterocycles. The second kappa shape index (κ2) is 7.13. The first kappa shape index (κ1) is 20.0. The third-order valence-corrected chi connectivity index (χ3v) is 4.72. The molecule has 1 aliphatic rings. The second-order valence-corrected chi connectivity index (χ2v) is 8.18. The van der Waals surface area contributed by atoms with Crippen LogP contribution in [-0.2, 0) is 4.74 Å². The van der Waals surface area contributed by atoms with Crippen molar-refractivity contribution in [1.29, 1.82) is 0 Å². The van der Waals surface area contributed by atoms with Crippen LogP contribution in [0.2, 0.25) is 10.3 Å². The Balaban J connectivity index is 2.31. The number of halogens is 2. The number of carbonyl (C=O) groups is 1. The number of amides is 1. The minimum absolute atomic E-state index is 0.196. The maximum Gasteiger partial charge on any atom is 0.410 e. The number of piperazine rings is 1. The van der Waals surface area contributed by atoms with Crippen molar-refractivity contribution >= 4 is 35.0 Å². The van der Waals surface area contributed by atoms with Gasteiger partial charge in [-0.2, -0.15) is 0 Å². The zero-order valence-corrected chi connectivity index (χ0v) is 16.6. The van der Waals surface area contributed by atoms with Crippen molar-refractivity contribution in [1.82, 2.24) is 15.1 Å². The van der Waals surface area contributed by atoms with Gasteiger partial charge in [0.25, 0.3) is 0 Å². The van der Waals surface area contributed by atoms with Crippen LogP contribution in [-0.4, -0.2) is 63.2 Å². The average Bonchev–Trinajstić information content (AvgIpc) is 2.48. The fourth-order valence-electron chi connectivity index (χ4n) is 2.80. The lowest BCUT2D eigenvalue weighted by Gasteiger charge is -2.51. The highest BCUT2D eigenvalue weighted by Gasteiger charge is 2.44. The molecule has 0 radical (unpaired) electrons. The fraction of sp³-hybridized carbons (Fsp3) is 0.688. The van der Waals surface area contributed by atoms with Gasteiger partial charge in [-0.25, -0.2) is 4.79 Å². The molecule has 0 bridgehead atoms. The number of anilines is 1. The first-order valence-corrected chi connectivity index (χ1v) is 8.82. The molecule has 1 unspecified atom stereocenters. The largest absolute Gasteiger partial charge is 0.444 e. The zero-order valence-electron chi connectivity index (χ0n) is 15.1. The lowest BCUT2D eigenvalue weighted by atomic mass is 9.90. The highest BCUT2D eigenvalue weighted by molar-refractivity contribution is 6.33. The summed E-state index contributed by atoms with van der Waals surface area (Å²) in [6.45, 7) is 10.1. The SMILES string of the molecule is CC(O)[C@]1(C)CN(C(=O)OC(C)(C)C)CCN1c1cc(Cl)nnc1Cl. The van der Waals surface area contributed by atoms with E-state index in [-0.39, 0.29) is 16.9 Å². The molecule has 0 spiro atoms. The molecule has 1 amide bonds. The van der Waals surface area contributed by atoms with E-state index in [9.17, 15) is 9.90 Å². The highest BCUT2D eigenvalue weighted by atomic mass is 35.5. The Labute approximate surface area is 157 Å². The third-order valence-electron chi connectivity index (χ3n) is 4.26. The molecule has 2 rings (SSSR count). The molecular weight excluding hydrogens is 367 g/mol. The number of aromatic nitrogens is 2. The van der Waals surface area contributed by atoms with Crippen LogP contribution in [0.1, 0.15) is 34.6 Å². The number of aliphatic hydroxyl groups excluding tert-OH is 1. The molecule has 1 aliphatic heterocycles. The van der Waals surface area contributed by atoms with Crippen molar-refractivity contribution in [2.75, 3.05) is 24.5 Å². The maximum absolute atomic E-state index is 12.4. The Morgan fingerprint density at radius 1 is 1.36 bits per heavy atom. The summed E-state index contributed by atoms with van der Waals surface area (Å²) in [6, 6.07) is 1.61. The van der Waals surface area contributed by atoms with Crippen molar-refractivity contribution in [2.45, 2.75) is 51.9 Å². The molecule has 0 saturated carbocycles. The van der Waals surface area contributed by atoms with E-state index in [1.807, 2.05) is 32.6 Å². The number of aliphatic hydroxyl groups is 1. The molecule has 2 heterocycles. The summed E-state index contributed by atoms with van der Waals surface area (Å²) in [5.41, 5.74) is -0.791. The first-order valence-electron chi connectivity index (χ1n) is 8.06. The number of hydrogen-bond donors (Lipinski definition) is 1. The van der Waals surface area contributed by atoms with Crippen LogP contribution in [0.25, 0.3) is 0 Å². The van der Waals surface area contributed by atoms with Crippen molar-refractivity contribution in [3.05, 3.63) is 16.4 Å². The van der Waals surface area contributed by atoms with Crippen LogP contribution < -0.4 is 4.90 Å². The van der Waals surface area contributed by atoms with Crippen molar-refractivity contribution in [2.24, 2.45) is 0 Å². The molecule has 0 aromatic carbocycles. The third kappa shape index (κ3) is 4.46. The predicted octanol–water partition coefficient (Wildman–Crippen LogP) is 2.98. The smallest absolute Gasteiger partial charge is 0.410 e. The highest BCUT2D eigenvalue weighted by Crippen LogP contribution is 2.35. The molecular formula is C16H24Cl2N4O3. The summed E-state index contributed by atoms with van der Waals surface area (Å²) in [6.07, 6.45) is -1.16. The van der Waals surface area contributed by atoms with Crippen LogP contribution in [0.4, 0.5) is 10.5 Å². The van der Waals surface area contributed by atoms with Crippen molar-refractivity contribution in [3.63, 3.8) is 0 Å². The molecule has 1 aromatic rings. The minimum atomic E-state index is -0.787.